The minimum Gasteiger partial charge on any atom is -0.334 e. The number of hydrogen-bond donors (Lipinski definition) is 1. The molecular weight excluding hydrogens is 334 g/mol. The molecule has 0 bridgehead atoms. The molecule has 0 radical (unpaired) electrons. The number of nitrogens with zero attached hydrogens (tertiary/aromatic N) is 4. The summed E-state index contributed by atoms with van der Waals surface area (Å²) in [5.41, 5.74) is 6.55. The van der Waals surface area contributed by atoms with Gasteiger partial charge in [-0.2, -0.15) is 0 Å². The van der Waals surface area contributed by atoms with Gasteiger partial charge in [0.05, 0.1) is 5.69 Å². The second-order valence-electron chi connectivity index (χ2n) is 5.39. The minimum atomic E-state index is 0. The van der Waals surface area contributed by atoms with Crippen LogP contribution in [0.25, 0.3) is 10.8 Å². The highest BCUT2D eigenvalue weighted by atomic mass is 35.5. The van der Waals surface area contributed by atoms with Crippen LogP contribution < -0.4 is 5.73 Å². The molecule has 23 heavy (non-hydrogen) atoms. The number of thiazole rings is 1. The zero-order valence-electron chi connectivity index (χ0n) is 12.9. The zero-order valence-corrected chi connectivity index (χ0v) is 14.6. The lowest BCUT2D eigenvalue weighted by Gasteiger charge is -2.34. The molecule has 1 amide bonds. The molecule has 124 valence electrons. The molecule has 1 fully saturated rings. The van der Waals surface area contributed by atoms with Crippen molar-refractivity contribution in [1.82, 2.24) is 19.9 Å². The first kappa shape index (κ1) is 17.8. The third-order valence-electron chi connectivity index (χ3n) is 3.91. The van der Waals surface area contributed by atoms with E-state index >= 15 is 0 Å². The third kappa shape index (κ3) is 3.68. The Morgan fingerprint density at radius 1 is 1.39 bits per heavy atom. The van der Waals surface area contributed by atoms with Gasteiger partial charge in [-0.3, -0.25) is 4.79 Å². The summed E-state index contributed by atoms with van der Waals surface area (Å²) in [6, 6.07) is 1.90. The fourth-order valence-electron chi connectivity index (χ4n) is 2.74. The topological polar surface area (TPSA) is 85.0 Å². The molecule has 2 aromatic heterocycles. The van der Waals surface area contributed by atoms with Crippen molar-refractivity contribution in [2.24, 2.45) is 5.73 Å². The number of aryl methyl sites for hydroxylation is 1. The van der Waals surface area contributed by atoms with Crippen LogP contribution in [-0.2, 0) is 0 Å². The molecule has 8 heteroatoms. The molecule has 0 spiro atoms. The molecule has 1 saturated heterocycles. The molecule has 3 rings (SSSR count). The van der Waals surface area contributed by atoms with E-state index < -0.39 is 0 Å². The second kappa shape index (κ2) is 7.81. The average Bonchev–Trinajstić information content (AvgIpc) is 2.97. The minimum absolute atomic E-state index is 0. The van der Waals surface area contributed by atoms with Crippen molar-refractivity contribution in [3.8, 4) is 10.8 Å². The van der Waals surface area contributed by atoms with Crippen molar-refractivity contribution in [2.45, 2.75) is 32.2 Å². The number of amides is 1. The monoisotopic (exact) mass is 353 g/mol. The summed E-state index contributed by atoms with van der Waals surface area (Å²) in [5, 5.41) is 0.683. The first-order chi connectivity index (χ1) is 10.7. The predicted molar refractivity (Wildman–Crippen MR) is 92.9 cm³/mol. The van der Waals surface area contributed by atoms with Gasteiger partial charge in [-0.1, -0.05) is 0 Å². The number of halogens is 1. The molecule has 2 aromatic rings. The van der Waals surface area contributed by atoms with Crippen LogP contribution >= 0.6 is 23.7 Å². The SMILES string of the molecule is Cc1nc(-c2ncccn2)sc1C(=O)N1CCCCC1CN.Cl. The standard InChI is InChI=1S/C15H19N5OS.ClH/c1-10-12(15(21)20-8-3-2-5-11(20)9-16)22-14(19-10)13-17-6-4-7-18-13;/h4,6-7,11H,2-3,5,8-9,16H2,1H3;1H. The number of carbonyl (C=O) groups excluding carboxylic acids is 1. The fraction of sp³-hybridized carbons (Fsp3) is 0.467. The number of aromatic nitrogens is 3. The third-order valence-corrected chi connectivity index (χ3v) is 5.05. The van der Waals surface area contributed by atoms with Crippen molar-refractivity contribution in [3.63, 3.8) is 0 Å². The molecule has 0 aromatic carbocycles. The summed E-state index contributed by atoms with van der Waals surface area (Å²) < 4.78 is 0. The van der Waals surface area contributed by atoms with Gasteiger partial charge in [0.15, 0.2) is 10.8 Å². The molecule has 0 saturated carbocycles. The van der Waals surface area contributed by atoms with Crippen molar-refractivity contribution in [1.29, 1.82) is 0 Å². The molecule has 3 heterocycles. The van der Waals surface area contributed by atoms with Crippen LogP contribution in [0.3, 0.4) is 0 Å². The summed E-state index contributed by atoms with van der Waals surface area (Å²) in [5.74, 6) is 0.594. The average molecular weight is 354 g/mol. The number of likely N-dealkylation sites (tertiary alicyclic amines) is 1. The number of carbonyl (C=O) groups is 1. The molecule has 1 aliphatic heterocycles. The largest absolute Gasteiger partial charge is 0.334 e. The van der Waals surface area contributed by atoms with E-state index in [9.17, 15) is 4.79 Å². The molecule has 6 nitrogen and oxygen atoms in total. The zero-order chi connectivity index (χ0) is 15.5. The maximum atomic E-state index is 12.8. The highest BCUT2D eigenvalue weighted by Gasteiger charge is 2.29. The van der Waals surface area contributed by atoms with Crippen LogP contribution in [0.2, 0.25) is 0 Å². The van der Waals surface area contributed by atoms with Gasteiger partial charge in [0, 0.05) is 31.5 Å². The van der Waals surface area contributed by atoms with Crippen molar-refractivity contribution in [3.05, 3.63) is 29.0 Å². The van der Waals surface area contributed by atoms with Crippen LogP contribution in [-0.4, -0.2) is 44.9 Å². The van der Waals surface area contributed by atoms with Crippen molar-refractivity contribution >= 4 is 29.7 Å². The van der Waals surface area contributed by atoms with E-state index in [2.05, 4.69) is 15.0 Å². The number of rotatable bonds is 3. The molecule has 1 unspecified atom stereocenters. The summed E-state index contributed by atoms with van der Waals surface area (Å²) in [4.78, 5) is 28.3. The second-order valence-corrected chi connectivity index (χ2v) is 6.39. The van der Waals surface area contributed by atoms with Gasteiger partial charge in [0.25, 0.3) is 5.91 Å². The van der Waals surface area contributed by atoms with Gasteiger partial charge in [0.1, 0.15) is 4.88 Å². The van der Waals surface area contributed by atoms with Gasteiger partial charge in [0.2, 0.25) is 0 Å². The van der Waals surface area contributed by atoms with E-state index in [4.69, 9.17) is 5.73 Å². The van der Waals surface area contributed by atoms with Crippen LogP contribution in [0, 0.1) is 6.92 Å². The Labute approximate surface area is 145 Å². The summed E-state index contributed by atoms with van der Waals surface area (Å²) in [6.07, 6.45) is 6.51. The van der Waals surface area contributed by atoms with Gasteiger partial charge in [-0.15, -0.1) is 23.7 Å². The Kier molecular flexibility index (Phi) is 6.04. The summed E-state index contributed by atoms with van der Waals surface area (Å²) in [6.45, 7) is 3.14. The molecule has 1 atom stereocenters. The highest BCUT2D eigenvalue weighted by Crippen LogP contribution is 2.28. The first-order valence-corrected chi connectivity index (χ1v) is 8.28. The van der Waals surface area contributed by atoms with E-state index in [1.807, 2.05) is 11.8 Å². The number of piperidine rings is 1. The maximum absolute atomic E-state index is 12.8. The molecular formula is C15H20ClN5OS. The van der Waals surface area contributed by atoms with Crippen molar-refractivity contribution < 1.29 is 4.79 Å². The summed E-state index contributed by atoms with van der Waals surface area (Å²) >= 11 is 1.36. The molecule has 1 aliphatic rings. The Hall–Kier alpha value is -1.57. The number of nitrogens with two attached hydrogens (primary N) is 1. The highest BCUT2D eigenvalue weighted by molar-refractivity contribution is 7.17. The Bertz CT molecular complexity index is 663. The van der Waals surface area contributed by atoms with E-state index in [0.717, 1.165) is 31.5 Å². The van der Waals surface area contributed by atoms with Gasteiger partial charge in [-0.05, 0) is 32.3 Å². The van der Waals surface area contributed by atoms with Gasteiger partial charge >= 0.3 is 0 Å². The van der Waals surface area contributed by atoms with Gasteiger partial charge < -0.3 is 10.6 Å². The summed E-state index contributed by atoms with van der Waals surface area (Å²) in [7, 11) is 0. The van der Waals surface area contributed by atoms with Gasteiger partial charge in [-0.25, -0.2) is 15.0 Å². The normalized spacial score (nSPS) is 17.7. The maximum Gasteiger partial charge on any atom is 0.266 e. The smallest absolute Gasteiger partial charge is 0.266 e. The lowest BCUT2D eigenvalue weighted by atomic mass is 10.0. The Morgan fingerprint density at radius 3 is 2.83 bits per heavy atom. The first-order valence-electron chi connectivity index (χ1n) is 7.46. The number of hydrogen-bond acceptors (Lipinski definition) is 6. The van der Waals surface area contributed by atoms with E-state index in [1.54, 1.807) is 18.5 Å². The fourth-order valence-corrected chi connectivity index (χ4v) is 3.71. The van der Waals surface area contributed by atoms with Crippen molar-refractivity contribution in [2.75, 3.05) is 13.1 Å². The van der Waals surface area contributed by atoms with E-state index in [1.165, 1.54) is 11.3 Å². The predicted octanol–water partition coefficient (Wildman–Crippen LogP) is 2.28. The molecule has 0 aliphatic carbocycles. The van der Waals surface area contributed by atoms with Crippen LogP contribution in [0.5, 0.6) is 0 Å². The van der Waals surface area contributed by atoms with E-state index in [-0.39, 0.29) is 24.4 Å². The van der Waals surface area contributed by atoms with E-state index in [0.29, 0.717) is 22.3 Å². The lowest BCUT2D eigenvalue weighted by Crippen LogP contribution is -2.47. The Morgan fingerprint density at radius 2 is 2.13 bits per heavy atom. The van der Waals surface area contributed by atoms with Crippen LogP contribution in [0.15, 0.2) is 18.5 Å². The van der Waals surface area contributed by atoms with Crippen LogP contribution in [0.1, 0.15) is 34.6 Å². The molecule has 2 N–H and O–H groups in total. The quantitative estimate of drug-likeness (QED) is 0.915. The lowest BCUT2D eigenvalue weighted by molar-refractivity contribution is 0.0627. The Balaban J connectivity index is 0.00000192. The van der Waals surface area contributed by atoms with Crippen LogP contribution in [0.4, 0.5) is 0 Å².